The van der Waals surface area contributed by atoms with Crippen molar-refractivity contribution >= 4 is 29.3 Å². The van der Waals surface area contributed by atoms with Gasteiger partial charge in [0.25, 0.3) is 0 Å². The summed E-state index contributed by atoms with van der Waals surface area (Å²) in [5, 5.41) is 3.35. The fourth-order valence-electron chi connectivity index (χ4n) is 2.93. The van der Waals surface area contributed by atoms with Crippen LogP contribution in [0.4, 0.5) is 16.4 Å². The van der Waals surface area contributed by atoms with E-state index in [4.69, 9.17) is 21.1 Å². The van der Waals surface area contributed by atoms with Crippen molar-refractivity contribution in [1.29, 1.82) is 0 Å². The number of rotatable bonds is 2. The Morgan fingerprint density at radius 2 is 2.20 bits per heavy atom. The number of likely N-dealkylation sites (N-methyl/N-ethyl adjacent to an activating group) is 1. The van der Waals surface area contributed by atoms with Gasteiger partial charge in [-0.2, -0.15) is 9.97 Å². The summed E-state index contributed by atoms with van der Waals surface area (Å²) < 4.78 is 11.2. The molecule has 0 aliphatic carbocycles. The fraction of sp³-hybridized carbons (Fsp3) is 0.688. The van der Waals surface area contributed by atoms with Crippen molar-refractivity contribution in [2.24, 2.45) is 0 Å². The van der Waals surface area contributed by atoms with E-state index in [2.05, 4.69) is 20.2 Å². The van der Waals surface area contributed by atoms with Crippen LogP contribution in [0, 0.1) is 0 Å². The molecule has 1 aromatic heterocycles. The number of carbonyl (C=O) groups is 1. The Morgan fingerprint density at radius 1 is 1.44 bits per heavy atom. The SMILES string of the molecule is CN(C(=O)OC(C)(C)C)[C@@H]1CCN(c2nc(Cl)nc3c2OCCN3)C1. The van der Waals surface area contributed by atoms with Gasteiger partial charge >= 0.3 is 6.09 Å². The van der Waals surface area contributed by atoms with Gasteiger partial charge < -0.3 is 24.6 Å². The minimum absolute atomic E-state index is 0.0378. The number of fused-ring (bicyclic) bond motifs is 1. The lowest BCUT2D eigenvalue weighted by Gasteiger charge is -2.29. The Bertz CT molecular complexity index is 664. The molecule has 138 valence electrons. The molecule has 0 aromatic carbocycles. The zero-order valence-corrected chi connectivity index (χ0v) is 15.8. The summed E-state index contributed by atoms with van der Waals surface area (Å²) in [6.45, 7) is 8.21. The minimum atomic E-state index is -0.512. The van der Waals surface area contributed by atoms with Gasteiger partial charge in [-0.15, -0.1) is 0 Å². The Balaban J connectivity index is 1.73. The third kappa shape index (κ3) is 4.00. The maximum absolute atomic E-state index is 12.3. The molecular formula is C16H24ClN5O3. The van der Waals surface area contributed by atoms with Crippen molar-refractivity contribution in [1.82, 2.24) is 14.9 Å². The van der Waals surface area contributed by atoms with Crippen LogP contribution in [-0.2, 0) is 4.74 Å². The highest BCUT2D eigenvalue weighted by Gasteiger charge is 2.34. The fourth-order valence-corrected chi connectivity index (χ4v) is 3.10. The van der Waals surface area contributed by atoms with Crippen molar-refractivity contribution in [2.45, 2.75) is 38.8 Å². The average molecular weight is 370 g/mol. The molecule has 1 atom stereocenters. The Hall–Kier alpha value is -1.96. The van der Waals surface area contributed by atoms with E-state index in [0.29, 0.717) is 37.1 Å². The summed E-state index contributed by atoms with van der Waals surface area (Å²) in [4.78, 5) is 24.5. The van der Waals surface area contributed by atoms with Gasteiger partial charge in [-0.25, -0.2) is 4.79 Å². The quantitative estimate of drug-likeness (QED) is 0.801. The monoisotopic (exact) mass is 369 g/mol. The number of anilines is 2. The summed E-state index contributed by atoms with van der Waals surface area (Å²) in [6.07, 6.45) is 0.500. The number of amides is 1. The maximum atomic E-state index is 12.3. The normalized spacial score (nSPS) is 19.7. The smallest absolute Gasteiger partial charge is 0.410 e. The maximum Gasteiger partial charge on any atom is 0.410 e. The molecule has 0 saturated carbocycles. The Kier molecular flexibility index (Phi) is 4.81. The van der Waals surface area contributed by atoms with Gasteiger partial charge in [0.05, 0.1) is 12.6 Å². The molecule has 1 saturated heterocycles. The number of ether oxygens (including phenoxy) is 2. The number of halogens is 1. The molecule has 8 nitrogen and oxygen atoms in total. The third-order valence-corrected chi connectivity index (χ3v) is 4.32. The molecule has 0 radical (unpaired) electrons. The van der Waals surface area contributed by atoms with E-state index >= 15 is 0 Å². The first-order valence-corrected chi connectivity index (χ1v) is 8.77. The first-order chi connectivity index (χ1) is 11.7. The number of hydrogen-bond donors (Lipinski definition) is 1. The molecule has 1 aromatic rings. The lowest BCUT2D eigenvalue weighted by Crippen LogP contribution is -2.42. The van der Waals surface area contributed by atoms with Crippen LogP contribution >= 0.6 is 11.6 Å². The van der Waals surface area contributed by atoms with Crippen molar-refractivity contribution in [2.75, 3.05) is 43.5 Å². The second kappa shape index (κ2) is 6.74. The van der Waals surface area contributed by atoms with Crippen LogP contribution in [0.1, 0.15) is 27.2 Å². The number of hydrogen-bond acceptors (Lipinski definition) is 7. The molecule has 9 heteroatoms. The zero-order valence-electron chi connectivity index (χ0n) is 15.0. The standard InChI is InChI=1S/C16H24ClN5O3/c1-16(2,3)25-15(23)21(4)10-5-7-22(9-10)13-11-12(18-6-8-24-11)19-14(17)20-13/h10H,5-9H2,1-4H3,(H,18,19,20)/t10-/m1/s1. The molecule has 0 bridgehead atoms. The molecule has 2 aliphatic heterocycles. The molecular weight excluding hydrogens is 346 g/mol. The van der Waals surface area contributed by atoms with Crippen molar-refractivity contribution in [3.8, 4) is 5.75 Å². The molecule has 0 unspecified atom stereocenters. The molecule has 3 heterocycles. The lowest BCUT2D eigenvalue weighted by molar-refractivity contribution is 0.0238. The van der Waals surface area contributed by atoms with E-state index in [1.807, 2.05) is 20.8 Å². The van der Waals surface area contributed by atoms with Crippen LogP contribution in [0.5, 0.6) is 5.75 Å². The van der Waals surface area contributed by atoms with Crippen molar-refractivity contribution in [3.63, 3.8) is 0 Å². The molecule has 3 rings (SSSR count). The minimum Gasteiger partial charge on any atom is -0.485 e. The van der Waals surface area contributed by atoms with E-state index in [9.17, 15) is 4.79 Å². The topological polar surface area (TPSA) is 79.8 Å². The van der Waals surface area contributed by atoms with E-state index in [0.717, 1.165) is 13.0 Å². The van der Waals surface area contributed by atoms with E-state index in [-0.39, 0.29) is 17.4 Å². The number of aromatic nitrogens is 2. The highest BCUT2D eigenvalue weighted by atomic mass is 35.5. The number of nitrogens with zero attached hydrogens (tertiary/aromatic N) is 4. The van der Waals surface area contributed by atoms with Gasteiger partial charge in [0.15, 0.2) is 11.6 Å². The molecule has 2 aliphatic rings. The highest BCUT2D eigenvalue weighted by Crippen LogP contribution is 2.37. The van der Waals surface area contributed by atoms with Gasteiger partial charge in [-0.1, -0.05) is 0 Å². The molecule has 0 spiro atoms. The van der Waals surface area contributed by atoms with E-state index < -0.39 is 5.60 Å². The van der Waals surface area contributed by atoms with E-state index in [1.54, 1.807) is 11.9 Å². The number of carbonyl (C=O) groups excluding carboxylic acids is 1. The predicted molar refractivity (Wildman–Crippen MR) is 95.6 cm³/mol. The van der Waals surface area contributed by atoms with Crippen LogP contribution in [0.2, 0.25) is 5.28 Å². The molecule has 1 amide bonds. The van der Waals surface area contributed by atoms with Gasteiger partial charge in [0.1, 0.15) is 12.2 Å². The second-order valence-electron chi connectivity index (χ2n) is 7.25. The second-order valence-corrected chi connectivity index (χ2v) is 7.59. The summed E-state index contributed by atoms with van der Waals surface area (Å²) in [5.74, 6) is 1.91. The van der Waals surface area contributed by atoms with Crippen LogP contribution in [0.15, 0.2) is 0 Å². The van der Waals surface area contributed by atoms with Gasteiger partial charge in [-0.3, -0.25) is 0 Å². The summed E-state index contributed by atoms with van der Waals surface area (Å²) in [6, 6.07) is 0.0378. The summed E-state index contributed by atoms with van der Waals surface area (Å²) >= 11 is 6.05. The van der Waals surface area contributed by atoms with Crippen molar-refractivity contribution < 1.29 is 14.3 Å². The van der Waals surface area contributed by atoms with E-state index in [1.165, 1.54) is 0 Å². The summed E-state index contributed by atoms with van der Waals surface area (Å²) in [7, 11) is 1.77. The average Bonchev–Trinajstić information content (AvgIpc) is 3.01. The molecule has 1 N–H and O–H groups in total. The summed E-state index contributed by atoms with van der Waals surface area (Å²) in [5.41, 5.74) is -0.512. The largest absolute Gasteiger partial charge is 0.485 e. The molecule has 1 fully saturated rings. The van der Waals surface area contributed by atoms with Crippen LogP contribution in [-0.4, -0.2) is 65.9 Å². The van der Waals surface area contributed by atoms with Crippen LogP contribution in [0.3, 0.4) is 0 Å². The highest BCUT2D eigenvalue weighted by molar-refractivity contribution is 6.28. The number of nitrogens with one attached hydrogen (secondary N) is 1. The lowest BCUT2D eigenvalue weighted by atomic mass is 10.2. The zero-order chi connectivity index (χ0) is 18.2. The predicted octanol–water partition coefficient (Wildman–Crippen LogP) is 2.38. The van der Waals surface area contributed by atoms with Crippen LogP contribution in [0.25, 0.3) is 0 Å². The third-order valence-electron chi connectivity index (χ3n) is 4.15. The van der Waals surface area contributed by atoms with Gasteiger partial charge in [0, 0.05) is 20.1 Å². The first-order valence-electron chi connectivity index (χ1n) is 8.39. The first kappa shape index (κ1) is 17.8. The van der Waals surface area contributed by atoms with Gasteiger partial charge in [-0.05, 0) is 38.8 Å². The van der Waals surface area contributed by atoms with Crippen LogP contribution < -0.4 is 15.0 Å². The Morgan fingerprint density at radius 3 is 2.92 bits per heavy atom. The van der Waals surface area contributed by atoms with Crippen molar-refractivity contribution in [3.05, 3.63) is 5.28 Å². The van der Waals surface area contributed by atoms with Gasteiger partial charge in [0.2, 0.25) is 11.0 Å². The Labute approximate surface area is 152 Å². The molecule has 25 heavy (non-hydrogen) atoms.